The summed E-state index contributed by atoms with van der Waals surface area (Å²) < 4.78 is 5.91. The van der Waals surface area contributed by atoms with Crippen molar-refractivity contribution in [2.24, 2.45) is 0 Å². The molecule has 1 atom stereocenters. The maximum absolute atomic E-state index is 12.5. The fraction of sp³-hybridized carbons (Fsp3) is 0.467. The highest BCUT2D eigenvalue weighted by Gasteiger charge is 2.31. The van der Waals surface area contributed by atoms with Crippen LogP contribution in [-0.2, 0) is 11.2 Å². The van der Waals surface area contributed by atoms with Crippen molar-refractivity contribution < 1.29 is 9.32 Å². The molecule has 0 radical (unpaired) electrons. The van der Waals surface area contributed by atoms with E-state index in [2.05, 4.69) is 5.16 Å². The van der Waals surface area contributed by atoms with Gasteiger partial charge in [-0.3, -0.25) is 4.79 Å². The molecule has 6 heteroatoms. The van der Waals surface area contributed by atoms with Gasteiger partial charge in [0.15, 0.2) is 0 Å². The quantitative estimate of drug-likeness (QED) is 0.854. The molecule has 0 bridgehead atoms. The average Bonchev–Trinajstić information content (AvgIpc) is 3.16. The van der Waals surface area contributed by atoms with Crippen LogP contribution in [0.25, 0.3) is 0 Å². The minimum atomic E-state index is 0.0712. The Kier molecular flexibility index (Phi) is 4.31. The third-order valence-corrected chi connectivity index (χ3v) is 5.07. The Morgan fingerprint density at radius 1 is 1.57 bits per heavy atom. The number of carbonyl (C=O) groups excluding carboxylic acids is 1. The number of amides is 1. The van der Waals surface area contributed by atoms with Gasteiger partial charge in [-0.05, 0) is 38.3 Å². The normalized spacial score (nSPS) is 18.4. The zero-order valence-corrected chi connectivity index (χ0v) is 13.4. The molecule has 1 aliphatic heterocycles. The number of aromatic nitrogens is 1. The highest BCUT2D eigenvalue weighted by Crippen LogP contribution is 2.32. The lowest BCUT2D eigenvalue weighted by atomic mass is 10.1. The molecule has 1 fully saturated rings. The van der Waals surface area contributed by atoms with Gasteiger partial charge in [0.05, 0.1) is 10.4 Å². The van der Waals surface area contributed by atoms with Crippen LogP contribution in [-0.4, -0.2) is 22.5 Å². The minimum absolute atomic E-state index is 0.0712. The first kappa shape index (κ1) is 14.6. The van der Waals surface area contributed by atoms with Crippen molar-refractivity contribution in [3.63, 3.8) is 0 Å². The molecule has 0 spiro atoms. The van der Waals surface area contributed by atoms with Gasteiger partial charge in [0.25, 0.3) is 0 Å². The Bertz CT molecular complexity index is 637. The topological polar surface area (TPSA) is 46.3 Å². The van der Waals surface area contributed by atoms with Gasteiger partial charge in [-0.2, -0.15) is 0 Å². The summed E-state index contributed by atoms with van der Waals surface area (Å²) in [6.45, 7) is 2.68. The first-order valence-corrected chi connectivity index (χ1v) is 8.30. The van der Waals surface area contributed by atoms with Crippen LogP contribution in [0.4, 0.5) is 0 Å². The van der Waals surface area contributed by atoms with Crippen LogP contribution in [0.15, 0.2) is 22.7 Å². The second-order valence-electron chi connectivity index (χ2n) is 5.31. The van der Waals surface area contributed by atoms with Gasteiger partial charge in [0.2, 0.25) is 5.91 Å². The zero-order chi connectivity index (χ0) is 14.8. The number of carbonyl (C=O) groups is 1. The van der Waals surface area contributed by atoms with Gasteiger partial charge in [-0.15, -0.1) is 11.3 Å². The smallest absolute Gasteiger partial charge is 0.223 e. The Hall–Kier alpha value is -1.33. The highest BCUT2D eigenvalue weighted by atomic mass is 35.5. The molecule has 3 rings (SSSR count). The molecule has 3 heterocycles. The fourth-order valence-electron chi connectivity index (χ4n) is 2.78. The van der Waals surface area contributed by atoms with E-state index in [1.165, 1.54) is 0 Å². The number of hydrogen-bond donors (Lipinski definition) is 0. The lowest BCUT2D eigenvalue weighted by Gasteiger charge is -2.22. The van der Waals surface area contributed by atoms with E-state index in [9.17, 15) is 4.79 Å². The van der Waals surface area contributed by atoms with Crippen LogP contribution >= 0.6 is 22.9 Å². The Morgan fingerprint density at radius 2 is 2.43 bits per heavy atom. The van der Waals surface area contributed by atoms with E-state index in [4.69, 9.17) is 16.1 Å². The molecule has 0 aliphatic carbocycles. The van der Waals surface area contributed by atoms with Gasteiger partial charge < -0.3 is 9.42 Å². The molecule has 4 nitrogen and oxygen atoms in total. The van der Waals surface area contributed by atoms with Crippen LogP contribution in [0.5, 0.6) is 0 Å². The van der Waals surface area contributed by atoms with Gasteiger partial charge in [0, 0.05) is 23.9 Å². The van der Waals surface area contributed by atoms with Gasteiger partial charge in [0.1, 0.15) is 11.5 Å². The van der Waals surface area contributed by atoms with Gasteiger partial charge in [-0.1, -0.05) is 16.8 Å². The van der Waals surface area contributed by atoms with Crippen molar-refractivity contribution in [1.29, 1.82) is 0 Å². The molecular weight excluding hydrogens is 308 g/mol. The Morgan fingerprint density at radius 3 is 3.10 bits per heavy atom. The monoisotopic (exact) mass is 324 g/mol. The summed E-state index contributed by atoms with van der Waals surface area (Å²) >= 11 is 7.45. The molecule has 1 amide bonds. The predicted molar refractivity (Wildman–Crippen MR) is 82.6 cm³/mol. The SMILES string of the molecule is Cc1cc([C@@H]2CCCN2C(=O)CCc2ccc(Cl)s2)no1. The van der Waals surface area contributed by atoms with Crippen molar-refractivity contribution in [1.82, 2.24) is 10.1 Å². The molecule has 112 valence electrons. The molecule has 0 N–H and O–H groups in total. The molecule has 1 saturated heterocycles. The van der Waals surface area contributed by atoms with Gasteiger partial charge >= 0.3 is 0 Å². The standard InChI is InChI=1S/C15H17ClN2O2S/c1-10-9-12(17-20-10)13-3-2-8-18(13)15(19)7-5-11-4-6-14(16)21-11/h4,6,9,13H,2-3,5,7-8H2,1H3/t13-/m0/s1. The van der Waals surface area contributed by atoms with Crippen LogP contribution in [0.3, 0.4) is 0 Å². The van der Waals surface area contributed by atoms with Crippen molar-refractivity contribution in [3.05, 3.63) is 38.9 Å². The molecule has 2 aromatic rings. The molecule has 2 aromatic heterocycles. The second-order valence-corrected chi connectivity index (χ2v) is 7.11. The summed E-state index contributed by atoms with van der Waals surface area (Å²) in [5, 5.41) is 4.07. The lowest BCUT2D eigenvalue weighted by Crippen LogP contribution is -2.30. The van der Waals surface area contributed by atoms with Crippen molar-refractivity contribution in [2.75, 3.05) is 6.54 Å². The van der Waals surface area contributed by atoms with Crippen molar-refractivity contribution >= 4 is 28.8 Å². The number of hydrogen-bond acceptors (Lipinski definition) is 4. The van der Waals surface area contributed by atoms with E-state index in [0.717, 1.165) is 46.5 Å². The first-order valence-electron chi connectivity index (χ1n) is 7.10. The summed E-state index contributed by atoms with van der Waals surface area (Å²) in [6.07, 6.45) is 3.25. The summed E-state index contributed by atoms with van der Waals surface area (Å²) in [5.74, 6) is 0.972. The Labute approximate surface area is 132 Å². The number of aryl methyl sites for hydroxylation is 2. The molecule has 0 saturated carbocycles. The molecule has 1 aliphatic rings. The highest BCUT2D eigenvalue weighted by molar-refractivity contribution is 7.16. The molecular formula is C15H17ClN2O2S. The largest absolute Gasteiger partial charge is 0.361 e. The van der Waals surface area contributed by atoms with Crippen LogP contribution in [0.1, 0.15) is 41.6 Å². The molecule has 0 aromatic carbocycles. The third-order valence-electron chi connectivity index (χ3n) is 3.77. The van der Waals surface area contributed by atoms with Crippen LogP contribution in [0.2, 0.25) is 4.34 Å². The van der Waals surface area contributed by atoms with E-state index in [1.807, 2.05) is 30.0 Å². The van der Waals surface area contributed by atoms with Crippen molar-refractivity contribution in [3.8, 4) is 0 Å². The number of rotatable bonds is 4. The van der Waals surface area contributed by atoms with E-state index >= 15 is 0 Å². The predicted octanol–water partition coefficient (Wildman–Crippen LogP) is 3.99. The summed E-state index contributed by atoms with van der Waals surface area (Å²) in [6, 6.07) is 5.86. The molecule has 21 heavy (non-hydrogen) atoms. The lowest BCUT2D eigenvalue weighted by molar-refractivity contribution is -0.132. The summed E-state index contributed by atoms with van der Waals surface area (Å²) in [7, 11) is 0. The second kappa shape index (κ2) is 6.20. The maximum atomic E-state index is 12.5. The molecule has 0 unspecified atom stereocenters. The number of likely N-dealkylation sites (tertiary alicyclic amines) is 1. The summed E-state index contributed by atoms with van der Waals surface area (Å²) in [4.78, 5) is 15.5. The summed E-state index contributed by atoms with van der Waals surface area (Å²) in [5.41, 5.74) is 0.873. The first-order chi connectivity index (χ1) is 10.1. The van der Waals surface area contributed by atoms with E-state index in [0.29, 0.717) is 6.42 Å². The van der Waals surface area contributed by atoms with E-state index < -0.39 is 0 Å². The number of nitrogens with zero attached hydrogens (tertiary/aromatic N) is 2. The fourth-order valence-corrected chi connectivity index (χ4v) is 3.86. The van der Waals surface area contributed by atoms with E-state index in [-0.39, 0.29) is 11.9 Å². The van der Waals surface area contributed by atoms with Crippen LogP contribution in [0, 0.1) is 6.92 Å². The van der Waals surface area contributed by atoms with Gasteiger partial charge in [-0.25, -0.2) is 0 Å². The number of halogens is 1. The average molecular weight is 325 g/mol. The Balaban J connectivity index is 1.63. The van der Waals surface area contributed by atoms with Crippen molar-refractivity contribution in [2.45, 2.75) is 38.6 Å². The van der Waals surface area contributed by atoms with E-state index in [1.54, 1.807) is 11.3 Å². The number of thiophene rings is 1. The zero-order valence-electron chi connectivity index (χ0n) is 11.8. The maximum Gasteiger partial charge on any atom is 0.223 e. The van der Waals surface area contributed by atoms with Crippen LogP contribution < -0.4 is 0 Å². The third kappa shape index (κ3) is 3.30. The minimum Gasteiger partial charge on any atom is -0.361 e.